The molecule has 2 aromatic carbocycles. The fourth-order valence-corrected chi connectivity index (χ4v) is 4.17. The van der Waals surface area contributed by atoms with E-state index in [4.69, 9.17) is 0 Å². The van der Waals surface area contributed by atoms with Crippen LogP contribution in [-0.4, -0.2) is 22.9 Å². The number of rotatable bonds is 3. The standard InChI is InChI=1S/C22H23NO/c1-16-6-5-7-17(12-16)13-22(24)23-20-10-11-21(23)15-19(14-20)18-8-3-2-4-9-18/h2-9,12,14,20-21H,10-11,13,15H2,1H3/t20-,21-/m1/s1. The van der Waals surface area contributed by atoms with E-state index in [0.717, 1.165) is 24.8 Å². The molecule has 0 saturated carbocycles. The van der Waals surface area contributed by atoms with Gasteiger partial charge in [0, 0.05) is 6.04 Å². The summed E-state index contributed by atoms with van der Waals surface area (Å²) in [6.45, 7) is 2.08. The Morgan fingerprint density at radius 2 is 1.92 bits per heavy atom. The molecule has 0 aromatic heterocycles. The summed E-state index contributed by atoms with van der Waals surface area (Å²) in [7, 11) is 0. The molecule has 4 rings (SSSR count). The molecule has 1 saturated heterocycles. The molecule has 122 valence electrons. The van der Waals surface area contributed by atoms with Crippen molar-refractivity contribution >= 4 is 11.5 Å². The van der Waals surface area contributed by atoms with E-state index < -0.39 is 0 Å². The second-order valence-electron chi connectivity index (χ2n) is 7.03. The molecule has 0 unspecified atom stereocenters. The van der Waals surface area contributed by atoms with Crippen LogP contribution in [0.4, 0.5) is 0 Å². The highest BCUT2D eigenvalue weighted by molar-refractivity contribution is 5.82. The van der Waals surface area contributed by atoms with Crippen LogP contribution in [0.3, 0.4) is 0 Å². The zero-order chi connectivity index (χ0) is 16.5. The van der Waals surface area contributed by atoms with Crippen LogP contribution in [0.5, 0.6) is 0 Å². The second kappa shape index (κ2) is 6.27. The summed E-state index contributed by atoms with van der Waals surface area (Å²) in [4.78, 5) is 15.0. The molecular formula is C22H23NO. The third-order valence-corrected chi connectivity index (χ3v) is 5.27. The number of nitrogens with zero attached hydrogens (tertiary/aromatic N) is 1. The van der Waals surface area contributed by atoms with Crippen molar-refractivity contribution in [1.82, 2.24) is 4.90 Å². The van der Waals surface area contributed by atoms with Gasteiger partial charge in [0.1, 0.15) is 0 Å². The van der Waals surface area contributed by atoms with Crippen LogP contribution in [0.1, 0.15) is 36.0 Å². The lowest BCUT2D eigenvalue weighted by molar-refractivity contribution is -0.132. The fraction of sp³-hybridized carbons (Fsp3) is 0.318. The van der Waals surface area contributed by atoms with E-state index in [9.17, 15) is 4.79 Å². The molecule has 2 aromatic rings. The lowest BCUT2D eigenvalue weighted by Gasteiger charge is -2.34. The molecule has 1 fully saturated rings. The molecule has 1 amide bonds. The smallest absolute Gasteiger partial charge is 0.227 e. The zero-order valence-electron chi connectivity index (χ0n) is 14.1. The van der Waals surface area contributed by atoms with Gasteiger partial charge in [-0.3, -0.25) is 4.79 Å². The predicted molar refractivity (Wildman–Crippen MR) is 97.6 cm³/mol. The zero-order valence-corrected chi connectivity index (χ0v) is 14.1. The Morgan fingerprint density at radius 3 is 2.67 bits per heavy atom. The Morgan fingerprint density at radius 1 is 1.08 bits per heavy atom. The maximum Gasteiger partial charge on any atom is 0.227 e. The van der Waals surface area contributed by atoms with Crippen LogP contribution in [0.15, 0.2) is 60.7 Å². The molecule has 2 aliphatic heterocycles. The van der Waals surface area contributed by atoms with Crippen LogP contribution in [0, 0.1) is 6.92 Å². The maximum absolute atomic E-state index is 12.9. The van der Waals surface area contributed by atoms with E-state index in [0.29, 0.717) is 12.5 Å². The van der Waals surface area contributed by atoms with Crippen LogP contribution in [-0.2, 0) is 11.2 Å². The number of hydrogen-bond donors (Lipinski definition) is 0. The van der Waals surface area contributed by atoms with Crippen LogP contribution < -0.4 is 0 Å². The first kappa shape index (κ1) is 15.2. The van der Waals surface area contributed by atoms with Gasteiger partial charge in [-0.05, 0) is 42.9 Å². The summed E-state index contributed by atoms with van der Waals surface area (Å²) < 4.78 is 0. The molecule has 2 atom stereocenters. The van der Waals surface area contributed by atoms with Gasteiger partial charge in [0.05, 0.1) is 12.5 Å². The first-order valence-corrected chi connectivity index (χ1v) is 8.83. The third-order valence-electron chi connectivity index (χ3n) is 5.27. The Kier molecular flexibility index (Phi) is 3.97. The van der Waals surface area contributed by atoms with Crippen molar-refractivity contribution in [2.24, 2.45) is 0 Å². The van der Waals surface area contributed by atoms with Crippen molar-refractivity contribution in [2.75, 3.05) is 0 Å². The predicted octanol–water partition coefficient (Wildman–Crippen LogP) is 4.38. The van der Waals surface area contributed by atoms with Crippen molar-refractivity contribution in [1.29, 1.82) is 0 Å². The maximum atomic E-state index is 12.9. The van der Waals surface area contributed by atoms with Gasteiger partial charge in [-0.25, -0.2) is 0 Å². The Balaban J connectivity index is 1.53. The van der Waals surface area contributed by atoms with Crippen molar-refractivity contribution < 1.29 is 4.79 Å². The van der Waals surface area contributed by atoms with Crippen LogP contribution in [0.25, 0.3) is 5.57 Å². The number of amides is 1. The van der Waals surface area contributed by atoms with E-state index in [1.54, 1.807) is 0 Å². The minimum Gasteiger partial charge on any atom is -0.333 e. The van der Waals surface area contributed by atoms with E-state index in [2.05, 4.69) is 66.4 Å². The number of aryl methyl sites for hydroxylation is 1. The van der Waals surface area contributed by atoms with E-state index in [-0.39, 0.29) is 11.9 Å². The SMILES string of the molecule is Cc1cccc(CC(=O)N2[C@@H]3CC[C@@H]2C=C(c2ccccc2)C3)c1. The van der Waals surface area contributed by atoms with Gasteiger partial charge in [-0.1, -0.05) is 66.2 Å². The van der Waals surface area contributed by atoms with Gasteiger partial charge in [-0.2, -0.15) is 0 Å². The third kappa shape index (κ3) is 2.89. The highest BCUT2D eigenvalue weighted by Crippen LogP contribution is 2.38. The monoisotopic (exact) mass is 317 g/mol. The molecule has 24 heavy (non-hydrogen) atoms. The highest BCUT2D eigenvalue weighted by atomic mass is 16.2. The van der Waals surface area contributed by atoms with E-state index >= 15 is 0 Å². The fourth-order valence-electron chi connectivity index (χ4n) is 4.17. The lowest BCUT2D eigenvalue weighted by atomic mass is 9.94. The molecule has 0 aliphatic carbocycles. The number of carbonyl (C=O) groups excluding carboxylic acids is 1. The largest absolute Gasteiger partial charge is 0.333 e. The molecule has 2 aliphatic rings. The molecule has 0 N–H and O–H groups in total. The number of hydrogen-bond acceptors (Lipinski definition) is 1. The first-order valence-electron chi connectivity index (χ1n) is 8.83. The molecular weight excluding hydrogens is 294 g/mol. The summed E-state index contributed by atoms with van der Waals surface area (Å²) in [5.41, 5.74) is 5.05. The quantitative estimate of drug-likeness (QED) is 0.822. The Hall–Kier alpha value is -2.35. The average Bonchev–Trinajstić information content (AvgIpc) is 2.86. The molecule has 2 heteroatoms. The van der Waals surface area contributed by atoms with Crippen LogP contribution in [0.2, 0.25) is 0 Å². The minimum absolute atomic E-state index is 0.274. The lowest BCUT2D eigenvalue weighted by Crippen LogP contribution is -2.43. The Labute approximate surface area is 143 Å². The van der Waals surface area contributed by atoms with Gasteiger partial charge in [0.15, 0.2) is 0 Å². The van der Waals surface area contributed by atoms with Gasteiger partial charge < -0.3 is 4.90 Å². The normalized spacial score (nSPS) is 22.4. The Bertz CT molecular complexity index is 778. The molecule has 2 heterocycles. The summed E-state index contributed by atoms with van der Waals surface area (Å²) >= 11 is 0. The van der Waals surface area contributed by atoms with Crippen LogP contribution >= 0.6 is 0 Å². The van der Waals surface area contributed by atoms with E-state index in [1.807, 2.05) is 6.07 Å². The first-order chi connectivity index (χ1) is 11.7. The number of fused-ring (bicyclic) bond motifs is 2. The summed E-state index contributed by atoms with van der Waals surface area (Å²) in [6, 6.07) is 19.5. The highest BCUT2D eigenvalue weighted by Gasteiger charge is 2.39. The molecule has 2 bridgehead atoms. The van der Waals surface area contributed by atoms with Gasteiger partial charge >= 0.3 is 0 Å². The van der Waals surface area contributed by atoms with Crippen molar-refractivity contribution in [3.8, 4) is 0 Å². The topological polar surface area (TPSA) is 20.3 Å². The molecule has 0 radical (unpaired) electrons. The summed E-state index contributed by atoms with van der Waals surface area (Å²) in [5.74, 6) is 0.275. The molecule has 0 spiro atoms. The van der Waals surface area contributed by atoms with Crippen molar-refractivity contribution in [2.45, 2.75) is 44.7 Å². The number of benzene rings is 2. The van der Waals surface area contributed by atoms with Crippen molar-refractivity contribution in [3.63, 3.8) is 0 Å². The average molecular weight is 317 g/mol. The second-order valence-corrected chi connectivity index (χ2v) is 7.03. The summed E-state index contributed by atoms with van der Waals surface area (Å²) in [6.07, 6.45) is 6.05. The van der Waals surface area contributed by atoms with E-state index in [1.165, 1.54) is 16.7 Å². The number of carbonyl (C=O) groups is 1. The molecule has 2 nitrogen and oxygen atoms in total. The minimum atomic E-state index is 0.274. The van der Waals surface area contributed by atoms with Crippen molar-refractivity contribution in [3.05, 3.63) is 77.4 Å². The van der Waals surface area contributed by atoms with Gasteiger partial charge in [0.25, 0.3) is 0 Å². The summed E-state index contributed by atoms with van der Waals surface area (Å²) in [5, 5.41) is 0. The van der Waals surface area contributed by atoms with Gasteiger partial charge in [-0.15, -0.1) is 0 Å². The van der Waals surface area contributed by atoms with Gasteiger partial charge in [0.2, 0.25) is 5.91 Å².